The van der Waals surface area contributed by atoms with Crippen molar-refractivity contribution in [2.45, 2.75) is 0 Å². The van der Waals surface area contributed by atoms with Crippen LogP contribution in [0.15, 0.2) is 97.1 Å². The first kappa shape index (κ1) is 22.6. The predicted octanol–water partition coefficient (Wildman–Crippen LogP) is 6.81. The van der Waals surface area contributed by atoms with E-state index in [9.17, 15) is 20.4 Å². The van der Waals surface area contributed by atoms with E-state index in [4.69, 9.17) is 0 Å². The summed E-state index contributed by atoms with van der Waals surface area (Å²) in [4.78, 5) is 0. The van der Waals surface area contributed by atoms with Crippen LogP contribution in [0.25, 0.3) is 43.1 Å². The van der Waals surface area contributed by atoms with Gasteiger partial charge < -0.3 is 20.4 Å². The van der Waals surface area contributed by atoms with Crippen LogP contribution in [0.4, 0.5) is 0 Å². The molecule has 5 heteroatoms. The fraction of sp³-hybridized carbons (Fsp3) is 0. The van der Waals surface area contributed by atoms with Crippen molar-refractivity contribution in [3.63, 3.8) is 0 Å². The molecule has 0 heterocycles. The normalized spacial score (nSPS) is 10.7. The summed E-state index contributed by atoms with van der Waals surface area (Å²) in [6, 6.07) is 30.4. The van der Waals surface area contributed by atoms with E-state index in [0.717, 1.165) is 43.1 Å². The summed E-state index contributed by atoms with van der Waals surface area (Å²) >= 11 is 0. The Morgan fingerprint density at radius 3 is 0.727 bits per heavy atom. The summed E-state index contributed by atoms with van der Waals surface area (Å²) in [7, 11) is 0. The van der Waals surface area contributed by atoms with Crippen LogP contribution in [0.5, 0.6) is 23.0 Å². The molecule has 0 aliphatic heterocycles. The van der Waals surface area contributed by atoms with Gasteiger partial charge in [0.1, 0.15) is 0 Å². The van der Waals surface area contributed by atoms with Gasteiger partial charge in [-0.25, -0.2) is 0 Å². The Bertz CT molecular complexity index is 1380. The Balaban J connectivity index is 0.000000152. The molecule has 6 aromatic rings. The minimum atomic E-state index is -0.0808. The molecule has 0 bridgehead atoms. The van der Waals surface area contributed by atoms with Gasteiger partial charge in [-0.2, -0.15) is 0 Å². The summed E-state index contributed by atoms with van der Waals surface area (Å²) in [5.41, 5.74) is 0. The van der Waals surface area contributed by atoms with Crippen LogP contribution in [0.1, 0.15) is 0 Å². The second-order valence-corrected chi connectivity index (χ2v) is 7.77. The number of phenols is 4. The molecule has 4 nitrogen and oxygen atoms in total. The molecule has 0 aliphatic rings. The summed E-state index contributed by atoms with van der Waals surface area (Å²) in [6.45, 7) is 0. The molecule has 0 fully saturated rings. The van der Waals surface area contributed by atoms with Crippen LogP contribution in [0.3, 0.4) is 0 Å². The van der Waals surface area contributed by atoms with Gasteiger partial charge in [-0.3, -0.25) is 0 Å². The van der Waals surface area contributed by atoms with E-state index in [1.807, 2.05) is 72.8 Å². The van der Waals surface area contributed by atoms with Crippen molar-refractivity contribution in [2.75, 3.05) is 0 Å². The van der Waals surface area contributed by atoms with E-state index in [1.165, 1.54) is 0 Å². The van der Waals surface area contributed by atoms with Crippen LogP contribution in [-0.2, 0) is 26.2 Å². The molecule has 0 saturated carbocycles. The largest absolute Gasteiger partial charge is 0.504 e. The molecule has 0 spiro atoms. The summed E-state index contributed by atoms with van der Waals surface area (Å²) in [5.74, 6) is -0.323. The van der Waals surface area contributed by atoms with Crippen LogP contribution in [-0.4, -0.2) is 20.4 Å². The molecule has 0 unspecified atom stereocenters. The zero-order valence-electron chi connectivity index (χ0n) is 17.5. The number of aromatic hydroxyl groups is 4. The molecule has 4 N–H and O–H groups in total. The number of hydrogen-bond donors (Lipinski definition) is 4. The monoisotopic (exact) mass is 510 g/mol. The third-order valence-corrected chi connectivity index (χ3v) is 5.60. The molecule has 6 aromatic carbocycles. The Kier molecular flexibility index (Phi) is 6.26. The van der Waals surface area contributed by atoms with Gasteiger partial charge in [-0.15, -0.1) is 0 Å². The minimum absolute atomic E-state index is 0. The number of fused-ring (bicyclic) bond motifs is 4. The van der Waals surface area contributed by atoms with Gasteiger partial charge in [-0.1, -0.05) is 48.5 Å². The van der Waals surface area contributed by atoms with Crippen LogP contribution >= 0.6 is 0 Å². The quantitative estimate of drug-likeness (QED) is 0.133. The molecule has 0 amide bonds. The maximum atomic E-state index is 9.44. The Morgan fingerprint density at radius 1 is 0.303 bits per heavy atom. The molecule has 0 saturated heterocycles. The van der Waals surface area contributed by atoms with Crippen molar-refractivity contribution in [1.82, 2.24) is 0 Å². The molecule has 0 atom stereocenters. The van der Waals surface area contributed by atoms with Crippen molar-refractivity contribution in [3.8, 4) is 23.0 Å². The average molecular weight is 512 g/mol. The molecule has 0 aromatic heterocycles. The van der Waals surface area contributed by atoms with Crippen molar-refractivity contribution in [1.29, 1.82) is 0 Å². The molecule has 33 heavy (non-hydrogen) atoms. The molecule has 0 aliphatic carbocycles. The molecule has 0 radical (unpaired) electrons. The van der Waals surface area contributed by atoms with Crippen LogP contribution in [0.2, 0.25) is 0 Å². The van der Waals surface area contributed by atoms with E-state index in [2.05, 4.69) is 0 Å². The molecular formula is C28H20O4Zr. The second-order valence-electron chi connectivity index (χ2n) is 7.77. The fourth-order valence-electron chi connectivity index (χ4n) is 3.94. The van der Waals surface area contributed by atoms with Crippen molar-refractivity contribution >= 4 is 43.1 Å². The maximum Gasteiger partial charge on any atom is 0.158 e. The summed E-state index contributed by atoms with van der Waals surface area (Å²) < 4.78 is 0. The topological polar surface area (TPSA) is 80.9 Å². The zero-order chi connectivity index (χ0) is 22.2. The zero-order valence-corrected chi connectivity index (χ0v) is 20.0. The fourth-order valence-corrected chi connectivity index (χ4v) is 3.94. The number of benzene rings is 6. The van der Waals surface area contributed by atoms with Gasteiger partial charge in [0.2, 0.25) is 0 Å². The third kappa shape index (κ3) is 4.51. The van der Waals surface area contributed by atoms with Gasteiger partial charge in [0, 0.05) is 26.2 Å². The Morgan fingerprint density at radius 2 is 0.515 bits per heavy atom. The number of hydrogen-bond acceptors (Lipinski definition) is 4. The predicted molar refractivity (Wildman–Crippen MR) is 130 cm³/mol. The van der Waals surface area contributed by atoms with Crippen molar-refractivity contribution in [2.24, 2.45) is 0 Å². The summed E-state index contributed by atoms with van der Waals surface area (Å²) in [6.07, 6.45) is 0. The minimum Gasteiger partial charge on any atom is -0.504 e. The van der Waals surface area contributed by atoms with Gasteiger partial charge in [0.05, 0.1) is 0 Å². The van der Waals surface area contributed by atoms with Crippen LogP contribution in [0, 0.1) is 0 Å². The number of rotatable bonds is 0. The van der Waals surface area contributed by atoms with E-state index in [-0.39, 0.29) is 49.2 Å². The van der Waals surface area contributed by atoms with E-state index >= 15 is 0 Å². The van der Waals surface area contributed by atoms with Crippen LogP contribution < -0.4 is 0 Å². The van der Waals surface area contributed by atoms with E-state index in [0.29, 0.717) is 0 Å². The van der Waals surface area contributed by atoms with E-state index < -0.39 is 0 Å². The second kappa shape index (κ2) is 9.13. The third-order valence-electron chi connectivity index (χ3n) is 5.60. The first-order valence-electron chi connectivity index (χ1n) is 10.2. The first-order chi connectivity index (χ1) is 15.5. The molecular weight excluding hydrogens is 492 g/mol. The Hall–Kier alpha value is -3.56. The van der Waals surface area contributed by atoms with E-state index in [1.54, 1.807) is 24.3 Å². The maximum absolute atomic E-state index is 9.44. The van der Waals surface area contributed by atoms with Crippen molar-refractivity contribution in [3.05, 3.63) is 97.1 Å². The summed E-state index contributed by atoms with van der Waals surface area (Å²) in [5, 5.41) is 46.0. The SMILES string of the molecule is Oc1cc2cc3ccccc3cc2cc1O.Oc1cc2cc3ccccc3cc2cc1O.[Zr]. The smallest absolute Gasteiger partial charge is 0.158 e. The Labute approximate surface area is 209 Å². The van der Waals surface area contributed by atoms with Gasteiger partial charge >= 0.3 is 0 Å². The molecule has 6 rings (SSSR count). The van der Waals surface area contributed by atoms with Crippen molar-refractivity contribution < 1.29 is 46.6 Å². The van der Waals surface area contributed by atoms with Gasteiger partial charge in [0.25, 0.3) is 0 Å². The average Bonchev–Trinajstić information content (AvgIpc) is 2.79. The standard InChI is InChI=1S/2C14H10O2.Zr/c2*15-13-7-11-5-9-3-1-2-4-10(9)6-12(11)8-14(13)16;/h2*1-8,15-16H;. The van der Waals surface area contributed by atoms with Gasteiger partial charge in [-0.05, 0) is 91.6 Å². The van der Waals surface area contributed by atoms with Gasteiger partial charge in [0.15, 0.2) is 23.0 Å². The molecule has 160 valence electrons. The number of phenolic OH excluding ortho intramolecular Hbond substituents is 4. The first-order valence-corrected chi connectivity index (χ1v) is 10.2.